The summed E-state index contributed by atoms with van der Waals surface area (Å²) in [5, 5.41) is 18.8. The summed E-state index contributed by atoms with van der Waals surface area (Å²) in [7, 11) is 3.89. The first-order valence-electron chi connectivity index (χ1n) is 10.9. The molecule has 7 heteroatoms. The molecule has 0 aromatic heterocycles. The number of nitro groups is 1. The van der Waals surface area contributed by atoms with Crippen molar-refractivity contribution in [2.45, 2.75) is 24.0 Å². The van der Waals surface area contributed by atoms with Gasteiger partial charge in [-0.25, -0.2) is 0 Å². The van der Waals surface area contributed by atoms with Crippen LogP contribution >= 0.6 is 0 Å². The van der Waals surface area contributed by atoms with E-state index in [0.29, 0.717) is 5.56 Å². The van der Waals surface area contributed by atoms with Crippen molar-refractivity contribution in [2.75, 3.05) is 19.0 Å². The number of carbonyl (C=O) groups excluding carboxylic acids is 1. The summed E-state index contributed by atoms with van der Waals surface area (Å²) in [6, 6.07) is 21.8. The zero-order valence-electron chi connectivity index (χ0n) is 18.4. The smallest absolute Gasteiger partial charge is 0.248 e. The Bertz CT molecular complexity index is 1220. The molecule has 0 bridgehead atoms. The van der Waals surface area contributed by atoms with Crippen molar-refractivity contribution < 1.29 is 9.72 Å². The van der Waals surface area contributed by atoms with Gasteiger partial charge in [-0.3, -0.25) is 19.9 Å². The summed E-state index contributed by atoms with van der Waals surface area (Å²) in [5.74, 6) is -0.819. The predicted molar refractivity (Wildman–Crippen MR) is 127 cm³/mol. The minimum Gasteiger partial charge on any atom is -0.378 e. The molecular weight excluding hydrogens is 416 g/mol. The zero-order valence-corrected chi connectivity index (χ0v) is 18.4. The van der Waals surface area contributed by atoms with Gasteiger partial charge in [-0.15, -0.1) is 0 Å². The maximum absolute atomic E-state index is 13.8. The van der Waals surface area contributed by atoms with Crippen LogP contribution in [0.5, 0.6) is 0 Å². The second kappa shape index (κ2) is 8.16. The number of rotatable bonds is 5. The quantitative estimate of drug-likeness (QED) is 0.339. The molecule has 2 aliphatic rings. The lowest BCUT2D eigenvalue weighted by molar-refractivity contribution is -0.529. The van der Waals surface area contributed by atoms with Crippen molar-refractivity contribution in [2.24, 2.45) is 5.10 Å². The van der Waals surface area contributed by atoms with Crippen LogP contribution < -0.4 is 4.90 Å². The van der Waals surface area contributed by atoms with E-state index in [1.807, 2.05) is 73.6 Å². The van der Waals surface area contributed by atoms with Gasteiger partial charge in [-0.05, 0) is 23.3 Å². The number of anilines is 1. The van der Waals surface area contributed by atoms with Crippen LogP contribution in [0.4, 0.5) is 5.69 Å². The van der Waals surface area contributed by atoms with Gasteiger partial charge in [-0.1, -0.05) is 66.7 Å². The van der Waals surface area contributed by atoms with E-state index in [0.717, 1.165) is 22.4 Å². The van der Waals surface area contributed by atoms with E-state index in [2.05, 4.69) is 5.10 Å². The van der Waals surface area contributed by atoms with Crippen LogP contribution in [-0.2, 0) is 0 Å². The molecule has 3 aromatic rings. The van der Waals surface area contributed by atoms with Gasteiger partial charge in [0.25, 0.3) is 0 Å². The lowest BCUT2D eigenvalue weighted by Crippen LogP contribution is -2.38. The normalized spacial score (nSPS) is 23.0. The average molecular weight is 441 g/mol. The Kier molecular flexibility index (Phi) is 5.17. The van der Waals surface area contributed by atoms with E-state index < -0.39 is 24.0 Å². The average Bonchev–Trinajstić information content (AvgIpc) is 3.20. The molecule has 1 saturated heterocycles. The van der Waals surface area contributed by atoms with Crippen LogP contribution in [0.2, 0.25) is 0 Å². The Labute approximate surface area is 192 Å². The highest BCUT2D eigenvalue weighted by Gasteiger charge is 2.60. The third-order valence-electron chi connectivity index (χ3n) is 6.61. The van der Waals surface area contributed by atoms with E-state index in [-0.39, 0.29) is 10.7 Å². The molecule has 2 aliphatic heterocycles. The number of carbonyl (C=O) groups is 1. The molecular formula is C26H24N4O3. The maximum Gasteiger partial charge on any atom is 0.248 e. The van der Waals surface area contributed by atoms with Crippen molar-refractivity contribution in [3.05, 3.63) is 111 Å². The van der Waals surface area contributed by atoms with Gasteiger partial charge < -0.3 is 4.90 Å². The first-order chi connectivity index (χ1) is 16.0. The molecule has 1 fully saturated rings. The van der Waals surface area contributed by atoms with Crippen molar-refractivity contribution >= 4 is 17.7 Å². The van der Waals surface area contributed by atoms with Crippen LogP contribution in [0.25, 0.3) is 0 Å². The fourth-order valence-corrected chi connectivity index (χ4v) is 5.05. The van der Waals surface area contributed by atoms with E-state index in [9.17, 15) is 14.9 Å². The highest BCUT2D eigenvalue weighted by atomic mass is 16.6. The minimum absolute atomic E-state index is 0.164. The third kappa shape index (κ3) is 3.46. The fourth-order valence-electron chi connectivity index (χ4n) is 5.05. The molecule has 0 radical (unpaired) electrons. The van der Waals surface area contributed by atoms with Gasteiger partial charge in [0.2, 0.25) is 6.04 Å². The molecule has 33 heavy (non-hydrogen) atoms. The molecule has 0 aliphatic carbocycles. The first kappa shape index (κ1) is 20.9. The number of hydrogen-bond acceptors (Lipinski definition) is 6. The Morgan fingerprint density at radius 2 is 1.64 bits per heavy atom. The molecule has 1 unspecified atom stereocenters. The largest absolute Gasteiger partial charge is 0.378 e. The standard InChI is InChI=1S/C26H24N4O3/c1-28(2)20-14-12-17(13-15-20)22-24(30(32)33)23-21-11-7-6-10-19(21)16-27-29(23)25(22)26(31)18-8-4-3-5-9-18/h3-16,22-25H,1-2H3/t22-,23?,24-,25-/m1/s1. The second-order valence-electron chi connectivity index (χ2n) is 8.66. The van der Waals surface area contributed by atoms with E-state index >= 15 is 0 Å². The maximum atomic E-state index is 13.8. The SMILES string of the molecule is CN(C)c1ccc([C@H]2[C@H](C(=O)c3ccccc3)N3N=Cc4ccccc4C3[C@@H]2[N+](=O)[O-])cc1. The van der Waals surface area contributed by atoms with Crippen molar-refractivity contribution in [3.8, 4) is 0 Å². The number of hydrazone groups is 1. The minimum atomic E-state index is -1.02. The Hall–Kier alpha value is -4.00. The summed E-state index contributed by atoms with van der Waals surface area (Å²) >= 11 is 0. The summed E-state index contributed by atoms with van der Waals surface area (Å²) in [5.41, 5.74) is 3.95. The molecule has 2 heterocycles. The summed E-state index contributed by atoms with van der Waals surface area (Å²) < 4.78 is 0. The van der Waals surface area contributed by atoms with E-state index in [1.54, 1.807) is 35.5 Å². The zero-order chi connectivity index (χ0) is 23.1. The van der Waals surface area contributed by atoms with Gasteiger partial charge in [0.15, 0.2) is 5.78 Å². The van der Waals surface area contributed by atoms with Gasteiger partial charge in [0.05, 0.1) is 12.1 Å². The molecule has 0 N–H and O–H groups in total. The topological polar surface area (TPSA) is 79.0 Å². The summed E-state index contributed by atoms with van der Waals surface area (Å²) in [6.07, 6.45) is 1.70. The number of nitrogens with zero attached hydrogens (tertiary/aromatic N) is 4. The van der Waals surface area contributed by atoms with Gasteiger partial charge in [-0.2, -0.15) is 5.10 Å². The molecule has 4 atom stereocenters. The van der Waals surface area contributed by atoms with Crippen molar-refractivity contribution in [3.63, 3.8) is 0 Å². The molecule has 0 amide bonds. The highest BCUT2D eigenvalue weighted by molar-refractivity contribution is 6.01. The Morgan fingerprint density at radius 1 is 0.970 bits per heavy atom. The Morgan fingerprint density at radius 3 is 2.30 bits per heavy atom. The highest BCUT2D eigenvalue weighted by Crippen LogP contribution is 2.49. The lowest BCUT2D eigenvalue weighted by Gasteiger charge is -2.30. The van der Waals surface area contributed by atoms with E-state index in [4.69, 9.17) is 0 Å². The number of fused-ring (bicyclic) bond motifs is 3. The van der Waals surface area contributed by atoms with Crippen LogP contribution in [0.1, 0.15) is 39.0 Å². The van der Waals surface area contributed by atoms with Crippen LogP contribution in [0.15, 0.2) is 84.0 Å². The number of ketones is 1. The van der Waals surface area contributed by atoms with E-state index in [1.165, 1.54) is 0 Å². The lowest BCUT2D eigenvalue weighted by atomic mass is 9.82. The monoisotopic (exact) mass is 440 g/mol. The van der Waals surface area contributed by atoms with Crippen LogP contribution in [0, 0.1) is 10.1 Å². The molecule has 166 valence electrons. The van der Waals surface area contributed by atoms with Gasteiger partial charge >= 0.3 is 0 Å². The first-order valence-corrected chi connectivity index (χ1v) is 10.9. The molecule has 3 aromatic carbocycles. The van der Waals surface area contributed by atoms with Gasteiger partial charge in [0, 0.05) is 35.8 Å². The fraction of sp³-hybridized carbons (Fsp3) is 0.231. The van der Waals surface area contributed by atoms with Crippen molar-refractivity contribution in [1.82, 2.24) is 5.01 Å². The molecule has 0 spiro atoms. The molecule has 7 nitrogen and oxygen atoms in total. The van der Waals surface area contributed by atoms with Crippen LogP contribution in [0.3, 0.4) is 0 Å². The number of hydrogen-bond donors (Lipinski definition) is 0. The predicted octanol–water partition coefficient (Wildman–Crippen LogP) is 4.14. The summed E-state index contributed by atoms with van der Waals surface area (Å²) in [4.78, 5) is 28.1. The molecule has 0 saturated carbocycles. The van der Waals surface area contributed by atoms with Crippen molar-refractivity contribution in [1.29, 1.82) is 0 Å². The third-order valence-corrected chi connectivity index (χ3v) is 6.61. The van der Waals surface area contributed by atoms with Gasteiger partial charge in [0.1, 0.15) is 12.1 Å². The summed E-state index contributed by atoms with van der Waals surface area (Å²) in [6.45, 7) is 0. The molecule has 5 rings (SSSR count). The second-order valence-corrected chi connectivity index (χ2v) is 8.66. The number of Topliss-reactive ketones (excluding diaryl/α,β-unsaturated/α-hetero) is 1. The Balaban J connectivity index is 1.68. The number of benzene rings is 3. The van der Waals surface area contributed by atoms with Crippen LogP contribution in [-0.4, -0.2) is 48.1 Å².